The minimum atomic E-state index is 0.0153. The summed E-state index contributed by atoms with van der Waals surface area (Å²) in [6.07, 6.45) is 0.769. The molecule has 1 aromatic heterocycles. The molecule has 1 saturated heterocycles. The summed E-state index contributed by atoms with van der Waals surface area (Å²) >= 11 is 4.78. The summed E-state index contributed by atoms with van der Waals surface area (Å²) in [5, 5.41) is 2.72. The van der Waals surface area contributed by atoms with E-state index in [0.29, 0.717) is 6.54 Å². The highest BCUT2D eigenvalue weighted by Crippen LogP contribution is 2.50. The van der Waals surface area contributed by atoms with Crippen LogP contribution in [0.1, 0.15) is 10.6 Å². The van der Waals surface area contributed by atoms with Crippen LogP contribution in [0, 0.1) is 6.92 Å². The number of fused-ring (bicyclic) bond motifs is 2. The van der Waals surface area contributed by atoms with E-state index in [-0.39, 0.29) is 5.91 Å². The minimum absolute atomic E-state index is 0.0153. The Morgan fingerprint density at radius 2 is 1.77 bits per heavy atom. The molecule has 3 heterocycles. The topological polar surface area (TPSA) is 48.8 Å². The lowest BCUT2D eigenvalue weighted by molar-refractivity contribution is -0.122. The molecule has 0 radical (unpaired) electrons. The van der Waals surface area contributed by atoms with Gasteiger partial charge in [-0.3, -0.25) is 9.69 Å². The molecule has 0 saturated carbocycles. The number of carbonyl (C=O) groups excluding carboxylic acids is 1. The highest BCUT2D eigenvalue weighted by atomic mass is 32.2. The molecular weight excluding hydrogens is 493 g/mol. The van der Waals surface area contributed by atoms with Crippen molar-refractivity contribution in [1.29, 1.82) is 0 Å². The molecule has 4 aromatic rings. The van der Waals surface area contributed by atoms with Crippen LogP contribution in [-0.2, 0) is 11.2 Å². The van der Waals surface area contributed by atoms with Crippen molar-refractivity contribution in [2.24, 2.45) is 4.99 Å². The first-order chi connectivity index (χ1) is 17.1. The maximum atomic E-state index is 13.7. The molecule has 5 nitrogen and oxygen atoms in total. The second-order valence-electron chi connectivity index (χ2n) is 8.34. The summed E-state index contributed by atoms with van der Waals surface area (Å²) in [6.45, 7) is 2.59. The van der Waals surface area contributed by atoms with Gasteiger partial charge in [0.1, 0.15) is 4.91 Å². The van der Waals surface area contributed by atoms with Crippen molar-refractivity contribution < 1.29 is 4.79 Å². The number of rotatable bonds is 4. The van der Waals surface area contributed by atoms with Crippen LogP contribution >= 0.6 is 34.9 Å². The predicted octanol–water partition coefficient (Wildman–Crippen LogP) is 6.82. The molecule has 0 unspecified atom stereocenters. The summed E-state index contributed by atoms with van der Waals surface area (Å²) in [7, 11) is 2.03. The number of anilines is 1. The number of hydrogen-bond donors (Lipinski definition) is 0. The van der Waals surface area contributed by atoms with Crippen LogP contribution in [0.4, 0.5) is 11.4 Å². The quantitative estimate of drug-likeness (QED) is 0.280. The molecule has 0 spiro atoms. The van der Waals surface area contributed by atoms with Crippen molar-refractivity contribution in [2.75, 3.05) is 18.5 Å². The molecule has 174 valence electrons. The zero-order valence-electron chi connectivity index (χ0n) is 19.3. The smallest absolute Gasteiger partial charge is 0.269 e. The molecule has 1 fully saturated rings. The van der Waals surface area contributed by atoms with Crippen LogP contribution < -0.4 is 4.90 Å². The van der Waals surface area contributed by atoms with Crippen molar-refractivity contribution in [2.45, 2.75) is 18.2 Å². The van der Waals surface area contributed by atoms with Crippen LogP contribution in [0.5, 0.6) is 0 Å². The van der Waals surface area contributed by atoms with Crippen molar-refractivity contribution in [3.63, 3.8) is 0 Å². The molecule has 0 N–H and O–H groups in total. The number of benzene rings is 3. The summed E-state index contributed by atoms with van der Waals surface area (Å²) in [5.41, 5.74) is 4.15. The number of aromatic nitrogens is 1. The van der Waals surface area contributed by atoms with E-state index >= 15 is 0 Å². The van der Waals surface area contributed by atoms with Gasteiger partial charge in [-0.2, -0.15) is 0 Å². The normalized spacial score (nSPS) is 18.8. The van der Waals surface area contributed by atoms with Crippen molar-refractivity contribution in [3.05, 3.63) is 93.3 Å². The van der Waals surface area contributed by atoms with Crippen LogP contribution in [0.2, 0.25) is 0 Å². The Bertz CT molecular complexity index is 1510. The lowest BCUT2D eigenvalue weighted by Gasteiger charge is -2.16. The molecule has 2 aliphatic rings. The number of amidine groups is 1. The maximum Gasteiger partial charge on any atom is 0.269 e. The molecule has 35 heavy (non-hydrogen) atoms. The second kappa shape index (κ2) is 9.18. The van der Waals surface area contributed by atoms with E-state index < -0.39 is 0 Å². The lowest BCUT2D eigenvalue weighted by Crippen LogP contribution is -2.31. The van der Waals surface area contributed by atoms with Gasteiger partial charge in [0.25, 0.3) is 5.91 Å². The largest absolute Gasteiger partial charge is 0.337 e. The predicted molar refractivity (Wildman–Crippen MR) is 149 cm³/mol. The van der Waals surface area contributed by atoms with Gasteiger partial charge in [-0.05, 0) is 61.0 Å². The average molecular weight is 515 g/mol. The van der Waals surface area contributed by atoms with Crippen molar-refractivity contribution >= 4 is 67.5 Å². The first-order valence-electron chi connectivity index (χ1n) is 11.3. The van der Waals surface area contributed by atoms with Gasteiger partial charge >= 0.3 is 0 Å². The Labute approximate surface area is 216 Å². The summed E-state index contributed by atoms with van der Waals surface area (Å²) in [6, 6.07) is 24.6. The lowest BCUT2D eigenvalue weighted by atomic mass is 10.1. The highest BCUT2D eigenvalue weighted by Gasteiger charge is 2.39. The van der Waals surface area contributed by atoms with Gasteiger partial charge in [-0.15, -0.1) is 11.3 Å². The van der Waals surface area contributed by atoms with Crippen LogP contribution in [0.25, 0.3) is 10.2 Å². The minimum Gasteiger partial charge on any atom is -0.337 e. The van der Waals surface area contributed by atoms with Gasteiger partial charge in [-0.25, -0.2) is 9.98 Å². The van der Waals surface area contributed by atoms with Gasteiger partial charge in [0.15, 0.2) is 5.17 Å². The van der Waals surface area contributed by atoms with Gasteiger partial charge < -0.3 is 4.90 Å². The number of nitrogens with zero attached hydrogens (tertiary/aromatic N) is 4. The number of aryl methyl sites for hydroxylation is 1. The van der Waals surface area contributed by atoms with Gasteiger partial charge in [0, 0.05) is 18.5 Å². The fourth-order valence-corrected chi connectivity index (χ4v) is 7.44. The van der Waals surface area contributed by atoms with Crippen LogP contribution in [-0.4, -0.2) is 34.6 Å². The number of carbonyl (C=O) groups is 1. The van der Waals surface area contributed by atoms with Gasteiger partial charge in [0.2, 0.25) is 0 Å². The Hall–Kier alpha value is -3.07. The molecule has 6 rings (SSSR count). The summed E-state index contributed by atoms with van der Waals surface area (Å²) < 4.78 is 1.11. The summed E-state index contributed by atoms with van der Waals surface area (Å²) in [4.78, 5) is 29.1. The van der Waals surface area contributed by atoms with Crippen LogP contribution in [0.3, 0.4) is 0 Å². The first-order valence-corrected chi connectivity index (χ1v) is 13.8. The third-order valence-corrected chi connectivity index (χ3v) is 9.33. The average Bonchev–Trinajstić information content (AvgIpc) is 3.50. The zero-order chi connectivity index (χ0) is 23.9. The van der Waals surface area contributed by atoms with E-state index in [1.807, 2.05) is 61.3 Å². The summed E-state index contributed by atoms with van der Waals surface area (Å²) in [5.74, 6) is 0.0153. The van der Waals surface area contributed by atoms with E-state index in [4.69, 9.17) is 4.99 Å². The second-order valence-corrected chi connectivity index (χ2v) is 11.6. The third-order valence-electron chi connectivity index (χ3n) is 5.97. The van der Waals surface area contributed by atoms with Gasteiger partial charge in [-0.1, -0.05) is 54.2 Å². The Morgan fingerprint density at radius 1 is 0.971 bits per heavy atom. The number of thiazole rings is 1. The zero-order valence-corrected chi connectivity index (χ0v) is 21.7. The van der Waals surface area contributed by atoms with E-state index in [1.54, 1.807) is 23.1 Å². The highest BCUT2D eigenvalue weighted by molar-refractivity contribution is 8.19. The molecule has 8 heteroatoms. The first kappa shape index (κ1) is 22.4. The van der Waals surface area contributed by atoms with E-state index in [0.717, 1.165) is 53.0 Å². The van der Waals surface area contributed by atoms with Gasteiger partial charge in [0.05, 0.1) is 31.6 Å². The standard InChI is InChI=1S/C27H22N4OS3/c1-17-28-20-13-12-19(16-23(20)33-17)29-27-31(15-14-18-8-4-3-5-9-18)25(32)24(35-27)26-30(2)21-10-6-7-11-22(21)34-26/h3-13,16H,14-15H2,1-2H3. The fourth-order valence-electron chi connectivity index (χ4n) is 4.21. The number of aliphatic imine (C=N–C) groups is 1. The molecule has 2 aliphatic heterocycles. The fraction of sp³-hybridized carbons (Fsp3) is 0.148. The molecule has 0 atom stereocenters. The SMILES string of the molecule is Cc1nc2ccc(N=C3SC(=C4Sc5ccccc5N4C)C(=O)N3CCc3ccccc3)cc2s1. The van der Waals surface area contributed by atoms with E-state index in [1.165, 1.54) is 17.3 Å². The van der Waals surface area contributed by atoms with Crippen molar-refractivity contribution in [1.82, 2.24) is 9.88 Å². The number of amides is 1. The number of para-hydroxylation sites is 1. The van der Waals surface area contributed by atoms with E-state index in [2.05, 4.69) is 40.2 Å². The third kappa shape index (κ3) is 4.26. The molecule has 0 bridgehead atoms. The Kier molecular flexibility index (Phi) is 5.88. The number of hydrogen-bond acceptors (Lipinski definition) is 7. The monoisotopic (exact) mass is 514 g/mol. The molecule has 0 aliphatic carbocycles. The van der Waals surface area contributed by atoms with Crippen LogP contribution in [0.15, 0.2) is 92.6 Å². The Balaban J connectivity index is 1.37. The van der Waals surface area contributed by atoms with Crippen molar-refractivity contribution in [3.8, 4) is 0 Å². The molecule has 3 aromatic carbocycles. The van der Waals surface area contributed by atoms with E-state index in [9.17, 15) is 4.79 Å². The maximum absolute atomic E-state index is 13.7. The molecular formula is C27H22N4OS3. The Morgan fingerprint density at radius 3 is 2.60 bits per heavy atom. The molecule has 1 amide bonds. The number of thioether (sulfide) groups is 2.